The molecule has 194 valence electrons. The van der Waals surface area contributed by atoms with Gasteiger partial charge in [-0.1, -0.05) is 40.7 Å². The van der Waals surface area contributed by atoms with Crippen molar-refractivity contribution in [3.8, 4) is 0 Å². The summed E-state index contributed by atoms with van der Waals surface area (Å²) in [4.78, 5) is 38.6. The highest BCUT2D eigenvalue weighted by Gasteiger charge is 2.89. The molecule has 0 bridgehead atoms. The molecule has 4 fully saturated rings. The summed E-state index contributed by atoms with van der Waals surface area (Å²) in [5.41, 5.74) is -3.38. The smallest absolute Gasteiger partial charge is 0.339 e. The van der Waals surface area contributed by atoms with Crippen molar-refractivity contribution >= 4 is 17.7 Å². The van der Waals surface area contributed by atoms with Gasteiger partial charge in [0.25, 0.3) is 0 Å². The molecule has 10 atom stereocenters. The molecule has 8 nitrogen and oxygen atoms in total. The number of carbonyl (C=O) groups is 3. The number of carbonyl (C=O) groups excluding carboxylic acids is 3. The number of aliphatic hydroxyl groups excluding tert-OH is 1. The van der Waals surface area contributed by atoms with Gasteiger partial charge in [-0.15, -0.1) is 0 Å². The molecule has 3 heterocycles. The van der Waals surface area contributed by atoms with E-state index < -0.39 is 69.5 Å². The summed E-state index contributed by atoms with van der Waals surface area (Å²) < 4.78 is 23.5. The van der Waals surface area contributed by atoms with Gasteiger partial charge >= 0.3 is 11.9 Å². The number of ketones is 1. The fourth-order valence-corrected chi connectivity index (χ4v) is 9.34. The second-order valence-corrected chi connectivity index (χ2v) is 12.7. The Labute approximate surface area is 210 Å². The third-order valence-corrected chi connectivity index (χ3v) is 10.8. The molecule has 1 N–H and O–H groups in total. The van der Waals surface area contributed by atoms with Crippen molar-refractivity contribution < 1.29 is 38.1 Å². The number of fused-ring (bicyclic) bond motifs is 3. The molecule has 0 radical (unpaired) electrons. The van der Waals surface area contributed by atoms with Crippen LogP contribution in [0.15, 0.2) is 35.2 Å². The number of aliphatic hydroxyl groups is 1. The molecule has 1 aromatic heterocycles. The second kappa shape index (κ2) is 6.90. The monoisotopic (exact) mass is 498 g/mol. The van der Waals surface area contributed by atoms with Crippen LogP contribution in [-0.4, -0.2) is 46.7 Å². The summed E-state index contributed by atoms with van der Waals surface area (Å²) in [5.74, 6) is -1.63. The van der Waals surface area contributed by atoms with Gasteiger partial charge in [0.15, 0.2) is 11.9 Å². The number of cyclic esters (lactones) is 1. The molecular weight excluding hydrogens is 464 g/mol. The normalized spacial score (nSPS) is 50.2. The minimum absolute atomic E-state index is 0.0569. The van der Waals surface area contributed by atoms with Crippen LogP contribution in [0.3, 0.4) is 0 Å². The Morgan fingerprint density at radius 2 is 1.86 bits per heavy atom. The van der Waals surface area contributed by atoms with Crippen LogP contribution in [-0.2, 0) is 28.6 Å². The van der Waals surface area contributed by atoms with Gasteiger partial charge in [-0.25, -0.2) is 4.79 Å². The summed E-state index contributed by atoms with van der Waals surface area (Å²) in [6, 6.07) is 1.79. The summed E-state index contributed by atoms with van der Waals surface area (Å²) in [5, 5.41) is 12.2. The van der Waals surface area contributed by atoms with E-state index in [2.05, 4.69) is 13.8 Å². The molecule has 1 spiro atoms. The maximum atomic E-state index is 13.2. The van der Waals surface area contributed by atoms with Crippen molar-refractivity contribution in [3.05, 3.63) is 36.3 Å². The number of allylic oxidation sites excluding steroid dienone is 2. The van der Waals surface area contributed by atoms with E-state index >= 15 is 0 Å². The van der Waals surface area contributed by atoms with E-state index in [4.69, 9.17) is 18.6 Å². The van der Waals surface area contributed by atoms with Crippen LogP contribution in [0.5, 0.6) is 0 Å². The molecule has 2 saturated heterocycles. The molecule has 2 aliphatic heterocycles. The van der Waals surface area contributed by atoms with Crippen LogP contribution >= 0.6 is 0 Å². The molecular formula is C28H34O8. The standard InChI is InChI=1S/C28H34O8/c1-14(29)34-18-19-24(2,3)17(30)8-10-25(19,4)16-7-11-26(5)21(15-9-12-33-13-15)35-23(32)22-28(26,36-22)27(16,6)20(18)31/h8-10,12-13,16,18-22,31H,7,11H2,1-6H3/t16?,18-,19?,20-,21+,22-,25-,26+,27+,28-/m1/s1. The van der Waals surface area contributed by atoms with Crippen molar-refractivity contribution in [2.75, 3.05) is 0 Å². The van der Waals surface area contributed by atoms with Crippen molar-refractivity contribution in [3.63, 3.8) is 0 Å². The molecule has 36 heavy (non-hydrogen) atoms. The molecule has 0 amide bonds. The first-order valence-corrected chi connectivity index (χ1v) is 12.8. The van der Waals surface area contributed by atoms with E-state index in [1.807, 2.05) is 26.8 Å². The molecule has 3 aliphatic carbocycles. The Morgan fingerprint density at radius 3 is 2.50 bits per heavy atom. The first-order chi connectivity index (χ1) is 16.8. The number of epoxide rings is 1. The summed E-state index contributed by atoms with van der Waals surface area (Å²) in [6.07, 6.45) is 4.57. The average molecular weight is 499 g/mol. The number of rotatable bonds is 2. The Morgan fingerprint density at radius 1 is 1.14 bits per heavy atom. The van der Waals surface area contributed by atoms with Crippen LogP contribution in [0.2, 0.25) is 0 Å². The SMILES string of the molecule is CC(=O)O[C@@H]1C2C(C)(C)C(=O)C=C[C@]2(C)C2CC[C@@]3(C)[C@H](c4ccoc4)OC(=O)[C@H]4O[C@]43[C@]2(C)[C@@H]1O. The number of hydrogen-bond acceptors (Lipinski definition) is 8. The predicted octanol–water partition coefficient (Wildman–Crippen LogP) is 3.53. The maximum absolute atomic E-state index is 13.2. The van der Waals surface area contributed by atoms with Crippen molar-refractivity contribution in [1.82, 2.24) is 0 Å². The van der Waals surface area contributed by atoms with Gasteiger partial charge < -0.3 is 23.7 Å². The zero-order valence-electron chi connectivity index (χ0n) is 21.6. The van der Waals surface area contributed by atoms with E-state index in [0.29, 0.717) is 12.8 Å². The van der Waals surface area contributed by atoms with Crippen molar-refractivity contribution in [2.24, 2.45) is 33.5 Å². The van der Waals surface area contributed by atoms with E-state index in [1.54, 1.807) is 24.7 Å². The van der Waals surface area contributed by atoms with Gasteiger partial charge in [0.2, 0.25) is 0 Å². The zero-order valence-corrected chi connectivity index (χ0v) is 21.6. The second-order valence-electron chi connectivity index (χ2n) is 12.7. The molecule has 8 heteroatoms. The average Bonchev–Trinajstić information content (AvgIpc) is 3.37. The first kappa shape index (κ1) is 23.9. The van der Waals surface area contributed by atoms with E-state index in [9.17, 15) is 19.5 Å². The summed E-state index contributed by atoms with van der Waals surface area (Å²) >= 11 is 0. The quantitative estimate of drug-likeness (QED) is 0.486. The van der Waals surface area contributed by atoms with Gasteiger partial charge in [-0.2, -0.15) is 0 Å². The third kappa shape index (κ3) is 2.45. The lowest BCUT2D eigenvalue weighted by atomic mass is 9.35. The van der Waals surface area contributed by atoms with E-state index in [-0.39, 0.29) is 11.7 Å². The van der Waals surface area contributed by atoms with Gasteiger partial charge in [0.1, 0.15) is 17.8 Å². The highest BCUT2D eigenvalue weighted by molar-refractivity contribution is 5.96. The lowest BCUT2D eigenvalue weighted by Gasteiger charge is -2.69. The molecule has 2 unspecified atom stereocenters. The van der Waals surface area contributed by atoms with Gasteiger partial charge in [0.05, 0.1) is 18.6 Å². The van der Waals surface area contributed by atoms with Crippen LogP contribution < -0.4 is 0 Å². The predicted molar refractivity (Wildman–Crippen MR) is 125 cm³/mol. The number of esters is 2. The highest BCUT2D eigenvalue weighted by Crippen LogP contribution is 2.79. The van der Waals surface area contributed by atoms with E-state index in [1.165, 1.54) is 6.92 Å². The lowest BCUT2D eigenvalue weighted by Crippen LogP contribution is -2.76. The third-order valence-electron chi connectivity index (χ3n) is 10.8. The number of hydrogen-bond donors (Lipinski definition) is 1. The highest BCUT2D eigenvalue weighted by atomic mass is 16.7. The van der Waals surface area contributed by atoms with Crippen LogP contribution in [0.25, 0.3) is 0 Å². The fraction of sp³-hybridized carbons (Fsp3) is 0.679. The van der Waals surface area contributed by atoms with E-state index in [0.717, 1.165) is 5.56 Å². The van der Waals surface area contributed by atoms with Gasteiger partial charge in [-0.05, 0) is 36.3 Å². The Balaban J connectivity index is 1.57. The summed E-state index contributed by atoms with van der Waals surface area (Å²) in [7, 11) is 0. The van der Waals surface area contributed by atoms with Gasteiger partial charge in [0, 0.05) is 34.7 Å². The Kier molecular flexibility index (Phi) is 4.58. The lowest BCUT2D eigenvalue weighted by molar-refractivity contribution is -0.280. The van der Waals surface area contributed by atoms with Gasteiger partial charge in [-0.3, -0.25) is 9.59 Å². The van der Waals surface area contributed by atoms with Crippen molar-refractivity contribution in [2.45, 2.75) is 84.4 Å². The fourth-order valence-electron chi connectivity index (χ4n) is 9.34. The number of furan rings is 1. The molecule has 0 aromatic carbocycles. The van der Waals surface area contributed by atoms with Crippen LogP contribution in [0, 0.1) is 33.5 Å². The minimum atomic E-state index is -1.16. The Bertz CT molecular complexity index is 1180. The molecule has 2 saturated carbocycles. The molecule has 5 aliphatic rings. The Hall–Kier alpha value is -2.45. The van der Waals surface area contributed by atoms with Crippen molar-refractivity contribution in [1.29, 1.82) is 0 Å². The maximum Gasteiger partial charge on any atom is 0.339 e. The van der Waals surface area contributed by atoms with Crippen LogP contribution in [0.4, 0.5) is 0 Å². The summed E-state index contributed by atoms with van der Waals surface area (Å²) in [6.45, 7) is 11.2. The molecule has 1 aromatic rings. The number of ether oxygens (including phenoxy) is 3. The largest absolute Gasteiger partial charge is 0.472 e. The first-order valence-electron chi connectivity index (χ1n) is 12.8. The zero-order chi connectivity index (χ0) is 26.1. The topological polar surface area (TPSA) is 116 Å². The van der Waals surface area contributed by atoms with Crippen LogP contribution in [0.1, 0.15) is 66.1 Å². The minimum Gasteiger partial charge on any atom is -0.472 e. The molecule has 6 rings (SSSR count).